The predicted molar refractivity (Wildman–Crippen MR) is 110 cm³/mol. The number of benzene rings is 1. The van der Waals surface area contributed by atoms with Crippen LogP contribution in [0.15, 0.2) is 18.2 Å². The van der Waals surface area contributed by atoms with E-state index in [-0.39, 0.29) is 50.0 Å². The minimum Gasteiger partial charge on any atom is -0.376 e. The van der Waals surface area contributed by atoms with Gasteiger partial charge in [-0.2, -0.15) is 18.3 Å². The summed E-state index contributed by atoms with van der Waals surface area (Å²) in [5, 5.41) is 6.48. The fourth-order valence-electron chi connectivity index (χ4n) is 4.18. The Morgan fingerprint density at radius 2 is 2.06 bits per heavy atom. The number of carbonyl (C=O) groups is 2. The molecule has 172 valence electrons. The first kappa shape index (κ1) is 22.3. The number of anilines is 1. The Labute approximate surface area is 183 Å². The topological polar surface area (TPSA) is 76.5 Å². The second-order valence-electron chi connectivity index (χ2n) is 8.26. The van der Waals surface area contributed by atoms with Crippen molar-refractivity contribution in [3.05, 3.63) is 46.3 Å². The van der Waals surface area contributed by atoms with E-state index in [1.807, 2.05) is 32.0 Å². The standard InChI is InChI=1S/C22H25F3N4O3/c1-13-3-4-16(9-14(13)2)28-11-15(10-19(28)30)21(31)26-6-7-29-18-5-8-32-12-17(18)20(27-29)22(23,24)25/h3-4,9,15H,5-8,10-12H2,1-2H3,(H,26,31). The van der Waals surface area contributed by atoms with Crippen molar-refractivity contribution in [2.24, 2.45) is 5.92 Å². The lowest BCUT2D eigenvalue weighted by molar-refractivity contribution is -0.142. The van der Waals surface area contributed by atoms with Gasteiger partial charge in [-0.05, 0) is 37.1 Å². The Balaban J connectivity index is 1.37. The van der Waals surface area contributed by atoms with Gasteiger partial charge in [0, 0.05) is 42.9 Å². The van der Waals surface area contributed by atoms with Gasteiger partial charge in [0.05, 0.1) is 25.7 Å². The molecule has 2 aliphatic heterocycles. The van der Waals surface area contributed by atoms with Crippen molar-refractivity contribution in [2.45, 2.75) is 46.0 Å². The molecule has 1 aromatic carbocycles. The van der Waals surface area contributed by atoms with E-state index in [2.05, 4.69) is 10.4 Å². The number of hydrogen-bond acceptors (Lipinski definition) is 4. The highest BCUT2D eigenvalue weighted by Gasteiger charge is 2.40. The van der Waals surface area contributed by atoms with Crippen molar-refractivity contribution in [3.63, 3.8) is 0 Å². The Hall–Kier alpha value is -2.88. The van der Waals surface area contributed by atoms with E-state index in [0.29, 0.717) is 18.7 Å². The fraction of sp³-hybridized carbons (Fsp3) is 0.500. The molecule has 2 aliphatic rings. The number of rotatable bonds is 5. The van der Waals surface area contributed by atoms with Crippen LogP contribution in [-0.2, 0) is 40.1 Å². The molecule has 0 spiro atoms. The van der Waals surface area contributed by atoms with Crippen molar-refractivity contribution in [1.29, 1.82) is 0 Å². The van der Waals surface area contributed by atoms with Gasteiger partial charge in [-0.25, -0.2) is 0 Å². The Kier molecular flexibility index (Phi) is 5.98. The van der Waals surface area contributed by atoms with Gasteiger partial charge in [-0.1, -0.05) is 6.07 Å². The number of amides is 2. The summed E-state index contributed by atoms with van der Waals surface area (Å²) in [6, 6.07) is 5.73. The number of carbonyl (C=O) groups excluding carboxylic acids is 2. The highest BCUT2D eigenvalue weighted by Crippen LogP contribution is 2.34. The lowest BCUT2D eigenvalue weighted by atomic mass is 10.1. The number of ether oxygens (including phenoxy) is 1. The maximum Gasteiger partial charge on any atom is 0.435 e. The number of nitrogens with zero attached hydrogens (tertiary/aromatic N) is 3. The number of halogens is 3. The van der Waals surface area contributed by atoms with E-state index in [9.17, 15) is 22.8 Å². The molecular weight excluding hydrogens is 425 g/mol. The minimum atomic E-state index is -4.55. The third-order valence-electron chi connectivity index (χ3n) is 6.09. The summed E-state index contributed by atoms with van der Waals surface area (Å²) < 4.78 is 46.3. The first-order valence-corrected chi connectivity index (χ1v) is 10.5. The third kappa shape index (κ3) is 4.36. The van der Waals surface area contributed by atoms with Crippen molar-refractivity contribution in [1.82, 2.24) is 15.1 Å². The van der Waals surface area contributed by atoms with Gasteiger partial charge in [0.2, 0.25) is 11.8 Å². The Morgan fingerprint density at radius 3 is 2.78 bits per heavy atom. The Morgan fingerprint density at radius 1 is 1.28 bits per heavy atom. The van der Waals surface area contributed by atoms with Crippen LogP contribution in [0.25, 0.3) is 0 Å². The van der Waals surface area contributed by atoms with E-state index in [1.54, 1.807) is 4.90 Å². The van der Waals surface area contributed by atoms with Crippen LogP contribution in [0.3, 0.4) is 0 Å². The molecule has 32 heavy (non-hydrogen) atoms. The molecule has 1 unspecified atom stereocenters. The van der Waals surface area contributed by atoms with Crippen LogP contribution in [0.2, 0.25) is 0 Å². The van der Waals surface area contributed by atoms with Gasteiger partial charge < -0.3 is 15.0 Å². The molecule has 1 fully saturated rings. The normalized spacial score (nSPS) is 18.7. The quantitative estimate of drug-likeness (QED) is 0.760. The van der Waals surface area contributed by atoms with Crippen LogP contribution < -0.4 is 10.2 Å². The van der Waals surface area contributed by atoms with Crippen LogP contribution in [0.1, 0.15) is 34.5 Å². The molecule has 1 N–H and O–H groups in total. The average molecular weight is 450 g/mol. The molecule has 7 nitrogen and oxygen atoms in total. The summed E-state index contributed by atoms with van der Waals surface area (Å²) in [4.78, 5) is 26.7. The van der Waals surface area contributed by atoms with Crippen molar-refractivity contribution >= 4 is 17.5 Å². The summed E-state index contributed by atoms with van der Waals surface area (Å²) in [5.41, 5.74) is 2.59. The molecule has 3 heterocycles. The monoisotopic (exact) mass is 450 g/mol. The lowest BCUT2D eigenvalue weighted by Gasteiger charge is -2.18. The van der Waals surface area contributed by atoms with Crippen molar-refractivity contribution in [2.75, 3.05) is 24.6 Å². The zero-order valence-electron chi connectivity index (χ0n) is 18.0. The Bertz CT molecular complexity index is 1050. The van der Waals surface area contributed by atoms with Crippen LogP contribution in [0.5, 0.6) is 0 Å². The van der Waals surface area contributed by atoms with Gasteiger partial charge in [0.25, 0.3) is 0 Å². The summed E-state index contributed by atoms with van der Waals surface area (Å²) >= 11 is 0. The van der Waals surface area contributed by atoms with Gasteiger partial charge in [-0.15, -0.1) is 0 Å². The number of nitrogens with one attached hydrogen (secondary N) is 1. The molecule has 0 saturated carbocycles. The molecule has 4 rings (SSSR count). The number of fused-ring (bicyclic) bond motifs is 1. The highest BCUT2D eigenvalue weighted by molar-refractivity contribution is 6.00. The first-order chi connectivity index (χ1) is 15.1. The molecule has 0 radical (unpaired) electrons. The summed E-state index contributed by atoms with van der Waals surface area (Å²) in [6.07, 6.45) is -4.11. The van der Waals surface area contributed by atoms with Crippen LogP contribution >= 0.6 is 0 Å². The lowest BCUT2D eigenvalue weighted by Crippen LogP contribution is -2.35. The van der Waals surface area contributed by atoms with Crippen molar-refractivity contribution in [3.8, 4) is 0 Å². The molecule has 1 aromatic heterocycles. The summed E-state index contributed by atoms with van der Waals surface area (Å²) in [5.74, 6) is -0.913. The molecule has 2 aromatic rings. The third-order valence-corrected chi connectivity index (χ3v) is 6.09. The maximum absolute atomic E-state index is 13.3. The SMILES string of the molecule is Cc1ccc(N2CC(C(=O)NCCn3nc(C(F)(F)F)c4c3CCOC4)CC2=O)cc1C. The number of alkyl halides is 3. The molecule has 0 bridgehead atoms. The summed E-state index contributed by atoms with van der Waals surface area (Å²) in [6.45, 7) is 4.69. The fourth-order valence-corrected chi connectivity index (χ4v) is 4.18. The predicted octanol–water partition coefficient (Wildman–Crippen LogP) is 2.76. The van der Waals surface area contributed by atoms with Crippen LogP contribution in [0.4, 0.5) is 18.9 Å². The molecule has 1 saturated heterocycles. The van der Waals surface area contributed by atoms with Gasteiger partial charge in [0.1, 0.15) is 0 Å². The largest absolute Gasteiger partial charge is 0.435 e. The van der Waals surface area contributed by atoms with E-state index in [0.717, 1.165) is 16.8 Å². The van der Waals surface area contributed by atoms with E-state index in [4.69, 9.17) is 4.74 Å². The molecule has 1 atom stereocenters. The second-order valence-corrected chi connectivity index (χ2v) is 8.26. The van der Waals surface area contributed by atoms with Gasteiger partial charge >= 0.3 is 6.18 Å². The van der Waals surface area contributed by atoms with Crippen LogP contribution in [-0.4, -0.2) is 41.3 Å². The van der Waals surface area contributed by atoms with E-state index in [1.165, 1.54) is 4.68 Å². The number of aryl methyl sites for hydroxylation is 2. The first-order valence-electron chi connectivity index (χ1n) is 10.5. The molecular formula is C22H25F3N4O3. The molecule has 0 aliphatic carbocycles. The highest BCUT2D eigenvalue weighted by atomic mass is 19.4. The minimum absolute atomic E-state index is 0.0699. The molecule has 10 heteroatoms. The number of aromatic nitrogens is 2. The van der Waals surface area contributed by atoms with Gasteiger partial charge in [0.15, 0.2) is 5.69 Å². The smallest absolute Gasteiger partial charge is 0.376 e. The van der Waals surface area contributed by atoms with Crippen LogP contribution in [0, 0.1) is 19.8 Å². The van der Waals surface area contributed by atoms with Crippen molar-refractivity contribution < 1.29 is 27.5 Å². The summed E-state index contributed by atoms with van der Waals surface area (Å²) in [7, 11) is 0. The van der Waals surface area contributed by atoms with E-state index >= 15 is 0 Å². The zero-order valence-corrected chi connectivity index (χ0v) is 18.0. The van der Waals surface area contributed by atoms with E-state index < -0.39 is 17.8 Å². The zero-order chi connectivity index (χ0) is 23.0. The second kappa shape index (κ2) is 8.57. The van der Waals surface area contributed by atoms with Gasteiger partial charge in [-0.3, -0.25) is 14.3 Å². The number of hydrogen-bond donors (Lipinski definition) is 1. The average Bonchev–Trinajstić information content (AvgIpc) is 3.31. The molecule has 2 amide bonds. The maximum atomic E-state index is 13.3.